The molecule has 1 heterocycles. The SMILES string of the molecule is CC(O)C(N/C(=N\Cc1ccc(Cl)cc1)N1CC(c2ccccc2)C(c2ccc(Cl)cc2)=N1)C(N)=O. The molecule has 0 radical (unpaired) electrons. The van der Waals surface area contributed by atoms with Gasteiger partial charge in [0.25, 0.3) is 0 Å². The highest BCUT2D eigenvalue weighted by molar-refractivity contribution is 6.31. The summed E-state index contributed by atoms with van der Waals surface area (Å²) >= 11 is 12.1. The van der Waals surface area contributed by atoms with Gasteiger partial charge in [0.15, 0.2) is 0 Å². The number of rotatable bonds is 7. The summed E-state index contributed by atoms with van der Waals surface area (Å²) in [5, 5.41) is 21.1. The van der Waals surface area contributed by atoms with Crippen molar-refractivity contribution in [1.29, 1.82) is 0 Å². The number of amides is 1. The number of nitrogens with zero attached hydrogens (tertiary/aromatic N) is 3. The Kier molecular flexibility index (Phi) is 8.25. The molecule has 1 amide bonds. The predicted octanol–water partition coefficient (Wildman–Crippen LogP) is 4.18. The Morgan fingerprint density at radius 1 is 1.08 bits per heavy atom. The maximum absolute atomic E-state index is 12.1. The minimum absolute atomic E-state index is 0.0616. The van der Waals surface area contributed by atoms with Crippen molar-refractivity contribution in [3.05, 3.63) is 106 Å². The monoisotopic (exact) mass is 523 g/mol. The fourth-order valence-corrected chi connectivity index (χ4v) is 4.24. The van der Waals surface area contributed by atoms with E-state index in [-0.39, 0.29) is 5.92 Å². The Labute approximate surface area is 220 Å². The highest BCUT2D eigenvalue weighted by Crippen LogP contribution is 2.29. The lowest BCUT2D eigenvalue weighted by atomic mass is 9.91. The van der Waals surface area contributed by atoms with Gasteiger partial charge in [-0.1, -0.05) is 77.8 Å². The topological polar surface area (TPSA) is 103 Å². The molecule has 0 spiro atoms. The molecule has 3 aromatic carbocycles. The second-order valence-corrected chi connectivity index (χ2v) is 9.44. The summed E-state index contributed by atoms with van der Waals surface area (Å²) in [6.07, 6.45) is -1.03. The van der Waals surface area contributed by atoms with Crippen molar-refractivity contribution in [2.24, 2.45) is 15.8 Å². The van der Waals surface area contributed by atoms with Crippen molar-refractivity contribution >= 4 is 40.8 Å². The van der Waals surface area contributed by atoms with Gasteiger partial charge >= 0.3 is 0 Å². The lowest BCUT2D eigenvalue weighted by Gasteiger charge is -2.25. The van der Waals surface area contributed by atoms with E-state index >= 15 is 0 Å². The zero-order valence-corrected chi connectivity index (χ0v) is 21.2. The first-order valence-corrected chi connectivity index (χ1v) is 12.3. The minimum Gasteiger partial charge on any atom is -0.391 e. The van der Waals surface area contributed by atoms with E-state index in [0.29, 0.717) is 29.1 Å². The number of guanidine groups is 1. The first-order chi connectivity index (χ1) is 17.3. The third-order valence-corrected chi connectivity index (χ3v) is 6.40. The number of benzene rings is 3. The number of aliphatic imine (C=N–C) groups is 1. The van der Waals surface area contributed by atoms with E-state index in [2.05, 4.69) is 17.4 Å². The van der Waals surface area contributed by atoms with Crippen molar-refractivity contribution < 1.29 is 9.90 Å². The zero-order valence-electron chi connectivity index (χ0n) is 19.7. The number of aliphatic hydroxyl groups excluding tert-OH is 1. The average Bonchev–Trinajstić information content (AvgIpc) is 3.31. The molecule has 0 aromatic heterocycles. The van der Waals surface area contributed by atoms with Crippen molar-refractivity contribution in [2.45, 2.75) is 31.5 Å². The average molecular weight is 524 g/mol. The molecule has 3 unspecified atom stereocenters. The quantitative estimate of drug-likeness (QED) is 0.319. The number of carbonyl (C=O) groups is 1. The van der Waals surface area contributed by atoms with E-state index in [9.17, 15) is 9.90 Å². The van der Waals surface area contributed by atoms with Gasteiger partial charge in [0.2, 0.25) is 11.9 Å². The molecule has 1 aliphatic rings. The largest absolute Gasteiger partial charge is 0.391 e. The van der Waals surface area contributed by atoms with Crippen LogP contribution in [0, 0.1) is 0 Å². The molecule has 186 valence electrons. The number of hydrazone groups is 1. The van der Waals surface area contributed by atoms with Gasteiger partial charge in [-0.15, -0.1) is 0 Å². The molecule has 0 saturated heterocycles. The molecule has 9 heteroatoms. The van der Waals surface area contributed by atoms with Gasteiger partial charge in [-0.2, -0.15) is 5.10 Å². The molecular formula is C27H27Cl2N5O2. The van der Waals surface area contributed by atoms with Gasteiger partial charge < -0.3 is 16.2 Å². The fraction of sp³-hybridized carbons (Fsp3) is 0.222. The van der Waals surface area contributed by atoms with E-state index in [0.717, 1.165) is 22.4 Å². The number of aliphatic hydroxyl groups is 1. The molecule has 1 aliphatic heterocycles. The summed E-state index contributed by atoms with van der Waals surface area (Å²) in [6.45, 7) is 2.28. The van der Waals surface area contributed by atoms with E-state index < -0.39 is 18.1 Å². The molecule has 0 aliphatic carbocycles. The minimum atomic E-state index is -1.04. The molecule has 0 saturated carbocycles. The molecule has 3 aromatic rings. The third-order valence-electron chi connectivity index (χ3n) is 5.90. The molecule has 36 heavy (non-hydrogen) atoms. The van der Waals surface area contributed by atoms with Crippen LogP contribution in [0.4, 0.5) is 0 Å². The van der Waals surface area contributed by atoms with Crippen molar-refractivity contribution in [3.63, 3.8) is 0 Å². The van der Waals surface area contributed by atoms with Crippen molar-refractivity contribution in [1.82, 2.24) is 10.3 Å². The van der Waals surface area contributed by atoms with E-state index in [4.69, 9.17) is 39.0 Å². The molecule has 7 nitrogen and oxygen atoms in total. The number of nitrogens with one attached hydrogen (secondary N) is 1. The smallest absolute Gasteiger partial charge is 0.242 e. The van der Waals surface area contributed by atoms with Gasteiger partial charge in [0, 0.05) is 16.0 Å². The van der Waals surface area contributed by atoms with Crippen LogP contribution in [0.5, 0.6) is 0 Å². The van der Waals surface area contributed by atoms with Crippen molar-refractivity contribution in [3.8, 4) is 0 Å². The number of halogens is 2. The van der Waals surface area contributed by atoms with Crippen LogP contribution in [0.25, 0.3) is 0 Å². The number of hydrogen-bond donors (Lipinski definition) is 3. The standard InChI is InChI=1S/C27H27Cl2N5O2/c1-17(35)24(26(30)36)32-27(31-15-18-7-11-21(28)12-8-18)34-16-23(19-5-3-2-4-6-19)25(33-34)20-9-13-22(29)14-10-20/h2-14,17,23-24,35H,15-16H2,1H3,(H2,30,36)(H,31,32). The zero-order chi connectivity index (χ0) is 25.7. The van der Waals surface area contributed by atoms with Gasteiger partial charge in [0.1, 0.15) is 6.04 Å². The van der Waals surface area contributed by atoms with Crippen LogP contribution in [0.1, 0.15) is 29.5 Å². The highest BCUT2D eigenvalue weighted by Gasteiger charge is 2.33. The maximum atomic E-state index is 12.1. The summed E-state index contributed by atoms with van der Waals surface area (Å²) in [5.74, 6) is -0.419. The second-order valence-electron chi connectivity index (χ2n) is 8.57. The summed E-state index contributed by atoms with van der Waals surface area (Å²) in [6, 6.07) is 23.9. The normalized spacial score (nSPS) is 17.4. The van der Waals surface area contributed by atoms with Crippen LogP contribution in [0.2, 0.25) is 10.0 Å². The first-order valence-electron chi connectivity index (χ1n) is 11.5. The van der Waals surface area contributed by atoms with Gasteiger partial charge in [-0.25, -0.2) is 10.0 Å². The van der Waals surface area contributed by atoms with Crippen LogP contribution >= 0.6 is 23.2 Å². The molecule has 4 rings (SSSR count). The maximum Gasteiger partial charge on any atom is 0.242 e. The summed E-state index contributed by atoms with van der Waals surface area (Å²) in [5.41, 5.74) is 9.34. The Hall–Kier alpha value is -3.39. The highest BCUT2D eigenvalue weighted by atomic mass is 35.5. The van der Waals surface area contributed by atoms with Crippen molar-refractivity contribution in [2.75, 3.05) is 6.54 Å². The van der Waals surface area contributed by atoms with E-state index in [1.165, 1.54) is 6.92 Å². The Morgan fingerprint density at radius 2 is 1.69 bits per heavy atom. The molecule has 0 bridgehead atoms. The number of primary amides is 1. The van der Waals surface area contributed by atoms with E-state index in [1.54, 1.807) is 17.1 Å². The van der Waals surface area contributed by atoms with Gasteiger partial charge in [-0.05, 0) is 47.9 Å². The Balaban J connectivity index is 1.72. The molecule has 0 fully saturated rings. The van der Waals surface area contributed by atoms with E-state index in [1.807, 2.05) is 54.6 Å². The van der Waals surface area contributed by atoms with Crippen LogP contribution in [0.15, 0.2) is 89.0 Å². The second kappa shape index (κ2) is 11.6. The Bertz CT molecular complexity index is 1250. The van der Waals surface area contributed by atoms with Crippen LogP contribution in [-0.4, -0.2) is 46.4 Å². The van der Waals surface area contributed by atoms with Gasteiger partial charge in [-0.3, -0.25) is 4.79 Å². The lowest BCUT2D eigenvalue weighted by molar-refractivity contribution is -0.121. The summed E-state index contributed by atoms with van der Waals surface area (Å²) in [7, 11) is 0. The predicted molar refractivity (Wildman–Crippen MR) is 144 cm³/mol. The van der Waals surface area contributed by atoms with Crippen LogP contribution in [0.3, 0.4) is 0 Å². The summed E-state index contributed by atoms with van der Waals surface area (Å²) in [4.78, 5) is 16.8. The molecule has 3 atom stereocenters. The third kappa shape index (κ3) is 6.23. The first kappa shape index (κ1) is 25.7. The van der Waals surface area contributed by atoms with Crippen LogP contribution < -0.4 is 11.1 Å². The molecular weight excluding hydrogens is 497 g/mol. The number of nitrogens with two attached hydrogens (primary N) is 1. The van der Waals surface area contributed by atoms with Crippen LogP contribution in [-0.2, 0) is 11.3 Å². The summed E-state index contributed by atoms with van der Waals surface area (Å²) < 4.78 is 0. The molecule has 4 N–H and O–H groups in total. The Morgan fingerprint density at radius 3 is 2.28 bits per heavy atom. The fourth-order valence-electron chi connectivity index (χ4n) is 3.99. The number of carbonyl (C=O) groups excluding carboxylic acids is 1. The lowest BCUT2D eigenvalue weighted by Crippen LogP contribution is -2.54. The van der Waals surface area contributed by atoms with Gasteiger partial charge in [0.05, 0.1) is 24.9 Å². The number of hydrogen-bond acceptors (Lipinski definition) is 4.